The molecule has 1 amide bonds. The van der Waals surface area contributed by atoms with Crippen molar-refractivity contribution < 1.29 is 19.8 Å². The number of aliphatic hydroxyl groups is 1. The van der Waals surface area contributed by atoms with Crippen LogP contribution in [-0.4, -0.2) is 46.7 Å². The zero-order chi connectivity index (χ0) is 12.4. The van der Waals surface area contributed by atoms with Gasteiger partial charge in [0, 0.05) is 26.1 Å². The molecule has 0 saturated heterocycles. The summed E-state index contributed by atoms with van der Waals surface area (Å²) in [5, 5.41) is 17.3. The Hall–Kier alpha value is -1.10. The monoisotopic (exact) mass is 231 g/mol. The van der Waals surface area contributed by atoms with Crippen LogP contribution >= 0.6 is 0 Å². The molecular formula is C11H21NO4. The second kappa shape index (κ2) is 9.15. The molecule has 0 aromatic heterocycles. The second-order valence-corrected chi connectivity index (χ2v) is 3.71. The fourth-order valence-electron chi connectivity index (χ4n) is 1.34. The molecule has 5 nitrogen and oxygen atoms in total. The van der Waals surface area contributed by atoms with Crippen molar-refractivity contribution in [2.24, 2.45) is 0 Å². The van der Waals surface area contributed by atoms with Gasteiger partial charge in [0.25, 0.3) is 0 Å². The van der Waals surface area contributed by atoms with Gasteiger partial charge in [0.2, 0.25) is 5.91 Å². The average Bonchev–Trinajstić information content (AvgIpc) is 2.25. The first-order valence-corrected chi connectivity index (χ1v) is 5.72. The van der Waals surface area contributed by atoms with Gasteiger partial charge in [-0.1, -0.05) is 13.3 Å². The van der Waals surface area contributed by atoms with Crippen LogP contribution < -0.4 is 0 Å². The minimum Gasteiger partial charge on any atom is -0.481 e. The summed E-state index contributed by atoms with van der Waals surface area (Å²) in [6.45, 7) is 2.69. The molecule has 0 rings (SSSR count). The maximum Gasteiger partial charge on any atom is 0.305 e. The minimum absolute atomic E-state index is 0.0171. The summed E-state index contributed by atoms with van der Waals surface area (Å²) in [5.41, 5.74) is 0. The minimum atomic E-state index is -0.905. The molecule has 0 bridgehead atoms. The summed E-state index contributed by atoms with van der Waals surface area (Å²) in [6.07, 6.45) is 2.68. The molecule has 0 aliphatic carbocycles. The average molecular weight is 231 g/mol. The normalized spacial score (nSPS) is 10.1. The smallest absolute Gasteiger partial charge is 0.305 e. The molecular weight excluding hydrogens is 210 g/mol. The van der Waals surface area contributed by atoms with E-state index in [9.17, 15) is 9.59 Å². The molecule has 0 aromatic rings. The number of aliphatic hydroxyl groups excluding tert-OH is 1. The van der Waals surface area contributed by atoms with E-state index in [-0.39, 0.29) is 25.5 Å². The molecule has 2 N–H and O–H groups in total. The van der Waals surface area contributed by atoms with Crippen LogP contribution in [0.25, 0.3) is 0 Å². The lowest BCUT2D eigenvalue weighted by molar-refractivity contribution is -0.138. The van der Waals surface area contributed by atoms with Gasteiger partial charge in [-0.25, -0.2) is 0 Å². The number of aliphatic carboxylic acids is 1. The Morgan fingerprint density at radius 1 is 1.12 bits per heavy atom. The number of carboxylic acid groups (broad SMARTS) is 1. The summed E-state index contributed by atoms with van der Waals surface area (Å²) in [4.78, 5) is 23.6. The maximum absolute atomic E-state index is 11.7. The molecule has 0 atom stereocenters. The summed E-state index contributed by atoms with van der Waals surface area (Å²) in [5.74, 6) is -0.922. The van der Waals surface area contributed by atoms with Gasteiger partial charge in [-0.3, -0.25) is 9.59 Å². The topological polar surface area (TPSA) is 77.8 Å². The molecule has 0 radical (unpaired) electrons. The molecule has 94 valence electrons. The Morgan fingerprint density at radius 2 is 1.81 bits per heavy atom. The standard InChI is InChI=1S/C11H21NO4/c1-2-3-5-10(14)12(7-4-9-13)8-6-11(15)16/h13H,2-9H2,1H3,(H,15,16). The number of hydrogen-bond acceptors (Lipinski definition) is 3. The van der Waals surface area contributed by atoms with Gasteiger partial charge in [0.1, 0.15) is 0 Å². The maximum atomic E-state index is 11.7. The fourth-order valence-corrected chi connectivity index (χ4v) is 1.34. The van der Waals surface area contributed by atoms with Gasteiger partial charge in [-0.05, 0) is 12.8 Å². The summed E-state index contributed by atoms with van der Waals surface area (Å²) in [7, 11) is 0. The second-order valence-electron chi connectivity index (χ2n) is 3.71. The van der Waals surface area contributed by atoms with Crippen molar-refractivity contribution in [3.8, 4) is 0 Å². The van der Waals surface area contributed by atoms with Crippen LogP contribution in [0.4, 0.5) is 0 Å². The number of carboxylic acids is 1. The number of amides is 1. The predicted molar refractivity (Wildman–Crippen MR) is 60.1 cm³/mol. The summed E-state index contributed by atoms with van der Waals surface area (Å²) < 4.78 is 0. The zero-order valence-electron chi connectivity index (χ0n) is 9.81. The van der Waals surface area contributed by atoms with Gasteiger partial charge in [-0.2, -0.15) is 0 Å². The molecule has 0 aliphatic heterocycles. The van der Waals surface area contributed by atoms with Gasteiger partial charge >= 0.3 is 5.97 Å². The Balaban J connectivity index is 4.06. The third-order valence-electron chi connectivity index (χ3n) is 2.28. The van der Waals surface area contributed by atoms with Crippen molar-refractivity contribution in [3.05, 3.63) is 0 Å². The molecule has 0 aromatic carbocycles. The van der Waals surface area contributed by atoms with E-state index in [1.165, 1.54) is 4.90 Å². The Morgan fingerprint density at radius 3 is 2.31 bits per heavy atom. The lowest BCUT2D eigenvalue weighted by Crippen LogP contribution is -2.34. The van der Waals surface area contributed by atoms with Gasteiger partial charge in [-0.15, -0.1) is 0 Å². The van der Waals surface area contributed by atoms with Crippen molar-refractivity contribution >= 4 is 11.9 Å². The van der Waals surface area contributed by atoms with Crippen LogP contribution in [0.15, 0.2) is 0 Å². The molecule has 5 heteroatoms. The van der Waals surface area contributed by atoms with E-state index in [4.69, 9.17) is 10.2 Å². The molecule has 0 saturated carbocycles. The van der Waals surface area contributed by atoms with E-state index in [2.05, 4.69) is 0 Å². The highest BCUT2D eigenvalue weighted by Crippen LogP contribution is 2.03. The van der Waals surface area contributed by atoms with E-state index in [0.29, 0.717) is 19.4 Å². The number of nitrogens with zero attached hydrogens (tertiary/aromatic N) is 1. The van der Waals surface area contributed by atoms with E-state index < -0.39 is 5.97 Å². The van der Waals surface area contributed by atoms with Gasteiger partial charge < -0.3 is 15.1 Å². The number of rotatable bonds is 9. The van der Waals surface area contributed by atoms with E-state index in [1.54, 1.807) is 0 Å². The van der Waals surface area contributed by atoms with Crippen molar-refractivity contribution in [1.82, 2.24) is 4.90 Å². The Labute approximate surface area is 96.1 Å². The number of carbonyl (C=O) groups excluding carboxylic acids is 1. The third-order valence-corrected chi connectivity index (χ3v) is 2.28. The van der Waals surface area contributed by atoms with Crippen LogP contribution in [-0.2, 0) is 9.59 Å². The first-order valence-electron chi connectivity index (χ1n) is 5.72. The number of hydrogen-bond donors (Lipinski definition) is 2. The summed E-state index contributed by atoms with van der Waals surface area (Å²) >= 11 is 0. The number of carbonyl (C=O) groups is 2. The first kappa shape index (κ1) is 14.9. The highest BCUT2D eigenvalue weighted by Gasteiger charge is 2.13. The summed E-state index contributed by atoms with van der Waals surface area (Å²) in [6, 6.07) is 0. The quantitative estimate of drug-likeness (QED) is 0.617. The van der Waals surface area contributed by atoms with E-state index in [0.717, 1.165) is 12.8 Å². The van der Waals surface area contributed by atoms with Crippen molar-refractivity contribution in [2.75, 3.05) is 19.7 Å². The van der Waals surface area contributed by atoms with Crippen molar-refractivity contribution in [3.63, 3.8) is 0 Å². The molecule has 0 unspecified atom stereocenters. The molecule has 0 aliphatic rings. The first-order chi connectivity index (χ1) is 7.61. The van der Waals surface area contributed by atoms with Crippen LogP contribution in [0.2, 0.25) is 0 Å². The zero-order valence-corrected chi connectivity index (χ0v) is 9.81. The lowest BCUT2D eigenvalue weighted by atomic mass is 10.2. The van der Waals surface area contributed by atoms with Crippen molar-refractivity contribution in [2.45, 2.75) is 39.0 Å². The van der Waals surface area contributed by atoms with Gasteiger partial charge in [0.15, 0.2) is 0 Å². The largest absolute Gasteiger partial charge is 0.481 e. The van der Waals surface area contributed by atoms with Crippen LogP contribution in [0.1, 0.15) is 39.0 Å². The fraction of sp³-hybridized carbons (Fsp3) is 0.818. The highest BCUT2D eigenvalue weighted by atomic mass is 16.4. The molecule has 0 spiro atoms. The van der Waals surface area contributed by atoms with E-state index >= 15 is 0 Å². The van der Waals surface area contributed by atoms with E-state index in [1.807, 2.05) is 6.92 Å². The molecule has 16 heavy (non-hydrogen) atoms. The molecule has 0 heterocycles. The Kier molecular flexibility index (Phi) is 8.52. The lowest BCUT2D eigenvalue weighted by Gasteiger charge is -2.21. The SMILES string of the molecule is CCCCC(=O)N(CCCO)CCC(=O)O. The van der Waals surface area contributed by atoms with Crippen LogP contribution in [0.5, 0.6) is 0 Å². The van der Waals surface area contributed by atoms with Crippen molar-refractivity contribution in [1.29, 1.82) is 0 Å². The highest BCUT2D eigenvalue weighted by molar-refractivity contribution is 5.77. The predicted octanol–water partition coefficient (Wildman–Crippen LogP) is 0.862. The number of unbranched alkanes of at least 4 members (excludes halogenated alkanes) is 1. The third kappa shape index (κ3) is 7.23. The van der Waals surface area contributed by atoms with Crippen LogP contribution in [0, 0.1) is 0 Å². The van der Waals surface area contributed by atoms with Gasteiger partial charge in [0.05, 0.1) is 6.42 Å². The Bertz CT molecular complexity index is 218. The molecule has 0 fully saturated rings. The van der Waals surface area contributed by atoms with Crippen LogP contribution in [0.3, 0.4) is 0 Å².